The van der Waals surface area contributed by atoms with Gasteiger partial charge < -0.3 is 10.4 Å². The van der Waals surface area contributed by atoms with Crippen molar-refractivity contribution in [2.45, 2.75) is 32.9 Å². The Kier molecular flexibility index (Phi) is 5.05. The summed E-state index contributed by atoms with van der Waals surface area (Å²) >= 11 is 0. The van der Waals surface area contributed by atoms with Crippen LogP contribution in [0.2, 0.25) is 0 Å². The third-order valence-corrected chi connectivity index (χ3v) is 3.42. The Morgan fingerprint density at radius 1 is 1.17 bits per heavy atom. The van der Waals surface area contributed by atoms with Crippen LogP contribution in [0.3, 0.4) is 0 Å². The minimum Gasteiger partial charge on any atom is -0.480 e. The van der Waals surface area contributed by atoms with Crippen LogP contribution >= 0.6 is 0 Å². The highest BCUT2D eigenvalue weighted by Gasteiger charge is 2.27. The average molecular weight is 317 g/mol. The van der Waals surface area contributed by atoms with Gasteiger partial charge >= 0.3 is 5.97 Å². The second-order valence-corrected chi connectivity index (χ2v) is 5.54. The predicted molar refractivity (Wildman–Crippen MR) is 82.4 cm³/mol. The van der Waals surface area contributed by atoms with E-state index in [1.807, 2.05) is 30.3 Å². The van der Waals surface area contributed by atoms with E-state index >= 15 is 0 Å². The molecule has 0 bridgehead atoms. The molecule has 1 aromatic heterocycles. The van der Waals surface area contributed by atoms with Gasteiger partial charge in [-0.25, -0.2) is 4.79 Å². The molecule has 0 radical (unpaired) electrons. The average Bonchev–Trinajstić information content (AvgIpc) is 3.01. The topological polar surface area (TPSA) is 110 Å². The van der Waals surface area contributed by atoms with Crippen LogP contribution in [-0.2, 0) is 9.59 Å². The number of amides is 1. The Bertz CT molecular complexity index is 683. The summed E-state index contributed by atoms with van der Waals surface area (Å²) in [6.45, 7) is 5.04. The molecule has 2 atom stereocenters. The molecule has 0 fully saturated rings. The lowest BCUT2D eigenvalue weighted by molar-refractivity contribution is -0.143. The molecule has 0 aliphatic heterocycles. The van der Waals surface area contributed by atoms with Crippen LogP contribution < -0.4 is 5.32 Å². The minimum atomic E-state index is -1.07. The van der Waals surface area contributed by atoms with Crippen LogP contribution in [0.25, 0.3) is 11.4 Å². The number of hydrogen-bond acceptors (Lipinski definition) is 5. The summed E-state index contributed by atoms with van der Waals surface area (Å²) in [5, 5.41) is 23.6. The molecule has 0 aliphatic carbocycles. The van der Waals surface area contributed by atoms with Crippen LogP contribution in [0, 0.1) is 5.92 Å². The van der Waals surface area contributed by atoms with Crippen LogP contribution in [0.4, 0.5) is 0 Å². The number of hydrogen-bond donors (Lipinski definition) is 2. The molecule has 2 N–H and O–H groups in total. The Balaban J connectivity index is 2.11. The summed E-state index contributed by atoms with van der Waals surface area (Å²) in [7, 11) is 0. The van der Waals surface area contributed by atoms with Crippen LogP contribution in [0.15, 0.2) is 30.3 Å². The summed E-state index contributed by atoms with van der Waals surface area (Å²) in [6, 6.07) is 7.54. The van der Waals surface area contributed by atoms with E-state index < -0.39 is 24.0 Å². The monoisotopic (exact) mass is 317 g/mol. The molecule has 1 heterocycles. The van der Waals surface area contributed by atoms with E-state index in [0.29, 0.717) is 5.82 Å². The highest BCUT2D eigenvalue weighted by atomic mass is 16.4. The number of carboxylic acid groups (broad SMARTS) is 1. The molecule has 1 amide bonds. The van der Waals surface area contributed by atoms with E-state index in [9.17, 15) is 9.59 Å². The second-order valence-electron chi connectivity index (χ2n) is 5.54. The first-order valence-corrected chi connectivity index (χ1v) is 7.28. The van der Waals surface area contributed by atoms with Gasteiger partial charge in [-0.2, -0.15) is 4.80 Å². The quantitative estimate of drug-likeness (QED) is 0.826. The minimum absolute atomic E-state index is 0.229. The SMILES string of the molecule is CC(C)C(NC(=O)C(C)n1nnc(-c2ccccc2)n1)C(=O)O. The van der Waals surface area contributed by atoms with Gasteiger partial charge in [0.25, 0.3) is 0 Å². The van der Waals surface area contributed by atoms with E-state index in [2.05, 4.69) is 20.7 Å². The number of nitrogens with zero attached hydrogens (tertiary/aromatic N) is 4. The lowest BCUT2D eigenvalue weighted by atomic mass is 10.0. The van der Waals surface area contributed by atoms with Crippen molar-refractivity contribution in [3.8, 4) is 11.4 Å². The lowest BCUT2D eigenvalue weighted by Crippen LogP contribution is -2.46. The number of aliphatic carboxylic acids is 1. The zero-order valence-corrected chi connectivity index (χ0v) is 13.2. The molecule has 2 unspecified atom stereocenters. The van der Waals surface area contributed by atoms with Crippen molar-refractivity contribution in [2.75, 3.05) is 0 Å². The Hall–Kier alpha value is -2.77. The van der Waals surface area contributed by atoms with Gasteiger partial charge in [-0.05, 0) is 18.1 Å². The predicted octanol–water partition coefficient (Wildman–Crippen LogP) is 1.13. The zero-order valence-electron chi connectivity index (χ0n) is 13.2. The molecule has 0 spiro atoms. The first kappa shape index (κ1) is 16.6. The number of carboxylic acids is 1. The number of carbonyl (C=O) groups is 2. The standard InChI is InChI=1S/C15H19N5O3/c1-9(2)12(15(22)23)16-14(21)10(3)20-18-13(17-19-20)11-7-5-4-6-8-11/h4-10,12H,1-3H3,(H,16,21)(H,22,23). The number of carbonyl (C=O) groups excluding carboxylic acids is 1. The van der Waals surface area contributed by atoms with Gasteiger partial charge in [0.1, 0.15) is 12.1 Å². The van der Waals surface area contributed by atoms with Crippen molar-refractivity contribution in [1.29, 1.82) is 0 Å². The fourth-order valence-corrected chi connectivity index (χ4v) is 1.98. The summed E-state index contributed by atoms with van der Waals surface area (Å²) in [4.78, 5) is 24.5. The maximum absolute atomic E-state index is 12.2. The number of tetrazole rings is 1. The molecule has 8 heteroatoms. The highest BCUT2D eigenvalue weighted by Crippen LogP contribution is 2.14. The molecule has 2 aromatic rings. The maximum Gasteiger partial charge on any atom is 0.326 e. The normalized spacial score (nSPS) is 13.6. The lowest BCUT2D eigenvalue weighted by Gasteiger charge is -2.19. The van der Waals surface area contributed by atoms with Gasteiger partial charge in [-0.3, -0.25) is 4.79 Å². The van der Waals surface area contributed by atoms with Gasteiger partial charge in [-0.1, -0.05) is 44.2 Å². The van der Waals surface area contributed by atoms with Gasteiger partial charge in [0.15, 0.2) is 0 Å². The Morgan fingerprint density at radius 3 is 2.39 bits per heavy atom. The van der Waals surface area contributed by atoms with Gasteiger partial charge in [0.2, 0.25) is 11.7 Å². The van der Waals surface area contributed by atoms with E-state index in [0.717, 1.165) is 5.56 Å². The third kappa shape index (κ3) is 3.91. The molecule has 0 saturated heterocycles. The Morgan fingerprint density at radius 2 is 1.83 bits per heavy atom. The largest absolute Gasteiger partial charge is 0.480 e. The van der Waals surface area contributed by atoms with Gasteiger partial charge in [0, 0.05) is 5.56 Å². The van der Waals surface area contributed by atoms with Crippen LogP contribution in [-0.4, -0.2) is 43.2 Å². The van der Waals surface area contributed by atoms with Crippen LogP contribution in [0.1, 0.15) is 26.8 Å². The number of nitrogens with one attached hydrogen (secondary N) is 1. The smallest absolute Gasteiger partial charge is 0.326 e. The van der Waals surface area contributed by atoms with Crippen molar-refractivity contribution in [3.63, 3.8) is 0 Å². The molecule has 1 aromatic carbocycles. The van der Waals surface area contributed by atoms with Gasteiger partial charge in [-0.15, -0.1) is 10.2 Å². The fourth-order valence-electron chi connectivity index (χ4n) is 1.98. The summed E-state index contributed by atoms with van der Waals surface area (Å²) in [5.74, 6) is -1.36. The maximum atomic E-state index is 12.2. The van der Waals surface area contributed by atoms with Gasteiger partial charge in [0.05, 0.1) is 0 Å². The summed E-state index contributed by atoms with van der Waals surface area (Å²) in [6.07, 6.45) is 0. The fraction of sp³-hybridized carbons (Fsp3) is 0.400. The van der Waals surface area contributed by atoms with Crippen molar-refractivity contribution >= 4 is 11.9 Å². The first-order chi connectivity index (χ1) is 10.9. The number of benzene rings is 1. The van der Waals surface area contributed by atoms with E-state index in [4.69, 9.17) is 5.11 Å². The number of aromatic nitrogens is 4. The number of rotatable bonds is 6. The molecular formula is C15H19N5O3. The molecule has 122 valence electrons. The first-order valence-electron chi connectivity index (χ1n) is 7.28. The van der Waals surface area contributed by atoms with E-state index in [1.165, 1.54) is 4.80 Å². The molecular weight excluding hydrogens is 298 g/mol. The zero-order chi connectivity index (χ0) is 17.0. The van der Waals surface area contributed by atoms with Crippen molar-refractivity contribution < 1.29 is 14.7 Å². The molecule has 0 saturated carbocycles. The van der Waals surface area contributed by atoms with Crippen molar-refractivity contribution in [3.05, 3.63) is 30.3 Å². The summed E-state index contributed by atoms with van der Waals surface area (Å²) < 4.78 is 0. The molecule has 23 heavy (non-hydrogen) atoms. The van der Waals surface area contributed by atoms with E-state index in [-0.39, 0.29) is 5.92 Å². The van der Waals surface area contributed by atoms with Crippen LogP contribution in [0.5, 0.6) is 0 Å². The molecule has 2 rings (SSSR count). The van der Waals surface area contributed by atoms with Crippen molar-refractivity contribution in [1.82, 2.24) is 25.5 Å². The second kappa shape index (κ2) is 6.99. The van der Waals surface area contributed by atoms with Crippen molar-refractivity contribution in [2.24, 2.45) is 5.92 Å². The third-order valence-electron chi connectivity index (χ3n) is 3.42. The summed E-state index contributed by atoms with van der Waals surface area (Å²) in [5.41, 5.74) is 0.789. The van der Waals surface area contributed by atoms with E-state index in [1.54, 1.807) is 20.8 Å². The molecule has 0 aliphatic rings. The highest BCUT2D eigenvalue weighted by molar-refractivity contribution is 5.85. The molecule has 8 nitrogen and oxygen atoms in total. The Labute approximate surface area is 133 Å².